The number of rotatable bonds is 8. The van der Waals surface area contributed by atoms with E-state index in [9.17, 15) is 13.2 Å². The van der Waals surface area contributed by atoms with Crippen LogP contribution in [0.15, 0.2) is 42.5 Å². The molecule has 1 N–H and O–H groups in total. The first-order valence-corrected chi connectivity index (χ1v) is 12.4. The zero-order chi connectivity index (χ0) is 22.4. The van der Waals surface area contributed by atoms with E-state index in [1.165, 1.54) is 4.31 Å². The number of hydrogen-bond acceptors (Lipinski definition) is 4. The van der Waals surface area contributed by atoms with Gasteiger partial charge in [0.2, 0.25) is 15.9 Å². The molecule has 0 saturated carbocycles. The quantitative estimate of drug-likeness (QED) is 0.604. The smallest absolute Gasteiger partial charge is 0.223 e. The fraction of sp³-hybridized carbons (Fsp3) is 0.435. The van der Waals surface area contributed by atoms with Gasteiger partial charge in [0.05, 0.1) is 12.3 Å². The number of aryl methyl sites for hydroxylation is 2. The molecule has 8 heteroatoms. The lowest BCUT2D eigenvalue weighted by Gasteiger charge is -2.30. The first kappa shape index (κ1) is 23.6. The van der Waals surface area contributed by atoms with Crippen molar-refractivity contribution in [2.75, 3.05) is 26.2 Å². The molecule has 0 unspecified atom stereocenters. The summed E-state index contributed by atoms with van der Waals surface area (Å²) in [4.78, 5) is 12.5. The highest BCUT2D eigenvalue weighted by molar-refractivity contribution is 7.88. The highest BCUT2D eigenvalue weighted by atomic mass is 35.5. The summed E-state index contributed by atoms with van der Waals surface area (Å²) >= 11 is 6.10. The van der Waals surface area contributed by atoms with Crippen molar-refractivity contribution in [2.24, 2.45) is 5.92 Å². The SMILES string of the molecule is Cc1ccc(C)c(OCCNC(=O)C2CCN(S(=O)(=O)Cc3ccccc3Cl)CC2)c1. The van der Waals surface area contributed by atoms with Crippen molar-refractivity contribution in [3.63, 3.8) is 0 Å². The highest BCUT2D eigenvalue weighted by Crippen LogP contribution is 2.24. The Kier molecular flexibility index (Phi) is 7.97. The number of benzene rings is 2. The van der Waals surface area contributed by atoms with Crippen LogP contribution in [0.25, 0.3) is 0 Å². The summed E-state index contributed by atoms with van der Waals surface area (Å²) in [5, 5.41) is 3.36. The van der Waals surface area contributed by atoms with Crippen LogP contribution in [0.4, 0.5) is 0 Å². The molecule has 168 valence electrons. The molecule has 3 rings (SSSR count). The van der Waals surface area contributed by atoms with Crippen LogP contribution in [-0.4, -0.2) is 44.9 Å². The maximum Gasteiger partial charge on any atom is 0.223 e. The number of sulfonamides is 1. The molecular formula is C23H29ClN2O4S. The van der Waals surface area contributed by atoms with Gasteiger partial charge < -0.3 is 10.1 Å². The van der Waals surface area contributed by atoms with E-state index >= 15 is 0 Å². The molecule has 1 heterocycles. The molecule has 1 amide bonds. The van der Waals surface area contributed by atoms with Crippen molar-refractivity contribution < 1.29 is 17.9 Å². The van der Waals surface area contributed by atoms with Crippen molar-refractivity contribution in [2.45, 2.75) is 32.4 Å². The lowest BCUT2D eigenvalue weighted by atomic mass is 9.97. The summed E-state index contributed by atoms with van der Waals surface area (Å²) in [7, 11) is -3.47. The van der Waals surface area contributed by atoms with Gasteiger partial charge in [0.1, 0.15) is 12.4 Å². The van der Waals surface area contributed by atoms with Crippen LogP contribution >= 0.6 is 11.6 Å². The summed E-state index contributed by atoms with van der Waals surface area (Å²) in [6, 6.07) is 13.0. The second-order valence-electron chi connectivity index (χ2n) is 7.93. The van der Waals surface area contributed by atoms with Gasteiger partial charge in [-0.15, -0.1) is 0 Å². The van der Waals surface area contributed by atoms with Crippen molar-refractivity contribution in [1.29, 1.82) is 0 Å². The molecular weight excluding hydrogens is 436 g/mol. The number of carbonyl (C=O) groups excluding carboxylic acids is 1. The Morgan fingerprint density at radius 1 is 1.16 bits per heavy atom. The number of nitrogens with one attached hydrogen (secondary N) is 1. The van der Waals surface area contributed by atoms with Crippen molar-refractivity contribution >= 4 is 27.5 Å². The third kappa shape index (κ3) is 6.45. The molecule has 31 heavy (non-hydrogen) atoms. The summed E-state index contributed by atoms with van der Waals surface area (Å²) < 4.78 is 32.7. The van der Waals surface area contributed by atoms with Gasteiger partial charge in [-0.2, -0.15) is 0 Å². The van der Waals surface area contributed by atoms with Gasteiger partial charge in [0, 0.05) is 24.0 Å². The molecule has 1 aliphatic rings. The Bertz CT molecular complexity index is 1020. The molecule has 2 aromatic rings. The molecule has 0 aromatic heterocycles. The Labute approximate surface area is 189 Å². The molecule has 0 atom stereocenters. The lowest BCUT2D eigenvalue weighted by molar-refractivity contribution is -0.126. The Morgan fingerprint density at radius 3 is 2.58 bits per heavy atom. The number of halogens is 1. The number of amides is 1. The van der Waals surface area contributed by atoms with Crippen LogP contribution in [0, 0.1) is 19.8 Å². The number of hydrogen-bond donors (Lipinski definition) is 1. The Balaban J connectivity index is 1.43. The van der Waals surface area contributed by atoms with E-state index in [-0.39, 0.29) is 17.6 Å². The van der Waals surface area contributed by atoms with Gasteiger partial charge in [-0.25, -0.2) is 12.7 Å². The third-order valence-electron chi connectivity index (χ3n) is 5.52. The molecule has 0 spiro atoms. The zero-order valence-corrected chi connectivity index (χ0v) is 19.5. The van der Waals surface area contributed by atoms with Crippen molar-refractivity contribution in [1.82, 2.24) is 9.62 Å². The molecule has 0 bridgehead atoms. The molecule has 0 aliphatic carbocycles. The van der Waals surface area contributed by atoms with Gasteiger partial charge in [-0.1, -0.05) is 41.9 Å². The van der Waals surface area contributed by atoms with Gasteiger partial charge >= 0.3 is 0 Å². The van der Waals surface area contributed by atoms with Crippen molar-refractivity contribution in [3.05, 3.63) is 64.2 Å². The van der Waals surface area contributed by atoms with E-state index in [0.717, 1.165) is 16.9 Å². The minimum absolute atomic E-state index is 0.0484. The van der Waals surface area contributed by atoms with Crippen LogP contribution in [0.5, 0.6) is 5.75 Å². The number of ether oxygens (including phenoxy) is 1. The largest absolute Gasteiger partial charge is 0.491 e. The minimum Gasteiger partial charge on any atom is -0.491 e. The van der Waals surface area contributed by atoms with Crippen molar-refractivity contribution in [3.8, 4) is 5.75 Å². The predicted octanol–water partition coefficient (Wildman–Crippen LogP) is 3.69. The number of nitrogens with zero attached hydrogens (tertiary/aromatic N) is 1. The maximum atomic E-state index is 12.7. The predicted molar refractivity (Wildman–Crippen MR) is 123 cm³/mol. The van der Waals surface area contributed by atoms with E-state index in [2.05, 4.69) is 5.32 Å². The maximum absolute atomic E-state index is 12.7. The molecule has 2 aromatic carbocycles. The van der Waals surface area contributed by atoms with E-state index in [1.54, 1.807) is 24.3 Å². The molecule has 1 fully saturated rings. The Hall–Kier alpha value is -2.09. The molecule has 0 radical (unpaired) electrons. The van der Waals surface area contributed by atoms with Gasteiger partial charge in [-0.3, -0.25) is 4.79 Å². The van der Waals surface area contributed by atoms with E-state index in [1.807, 2.05) is 32.0 Å². The van der Waals surface area contributed by atoms with Crippen LogP contribution in [0.2, 0.25) is 5.02 Å². The average molecular weight is 465 g/mol. The number of carbonyl (C=O) groups is 1. The molecule has 1 saturated heterocycles. The third-order valence-corrected chi connectivity index (χ3v) is 7.71. The van der Waals surface area contributed by atoms with E-state index < -0.39 is 10.0 Å². The first-order valence-electron chi connectivity index (χ1n) is 10.5. The second-order valence-corrected chi connectivity index (χ2v) is 10.3. The lowest BCUT2D eigenvalue weighted by Crippen LogP contribution is -2.44. The summed E-state index contributed by atoms with van der Waals surface area (Å²) in [5.41, 5.74) is 2.77. The minimum atomic E-state index is -3.47. The van der Waals surface area contributed by atoms with Gasteiger partial charge in [-0.05, 0) is 55.5 Å². The fourth-order valence-corrected chi connectivity index (χ4v) is 5.52. The summed E-state index contributed by atoms with van der Waals surface area (Å²) in [6.07, 6.45) is 1.01. The van der Waals surface area contributed by atoms with Crippen LogP contribution in [-0.2, 0) is 20.6 Å². The summed E-state index contributed by atoms with van der Waals surface area (Å²) in [5.74, 6) is 0.464. The van der Waals surface area contributed by atoms with Crippen LogP contribution in [0.1, 0.15) is 29.5 Å². The second kappa shape index (κ2) is 10.5. The number of piperidine rings is 1. The molecule has 6 nitrogen and oxygen atoms in total. The van der Waals surface area contributed by atoms with Gasteiger partial charge in [0.25, 0.3) is 0 Å². The fourth-order valence-electron chi connectivity index (χ4n) is 3.64. The van der Waals surface area contributed by atoms with E-state index in [4.69, 9.17) is 16.3 Å². The average Bonchev–Trinajstić information content (AvgIpc) is 2.75. The molecule has 1 aliphatic heterocycles. The highest BCUT2D eigenvalue weighted by Gasteiger charge is 2.31. The van der Waals surface area contributed by atoms with Crippen LogP contribution < -0.4 is 10.1 Å². The van der Waals surface area contributed by atoms with Gasteiger partial charge in [0.15, 0.2) is 0 Å². The van der Waals surface area contributed by atoms with E-state index in [0.29, 0.717) is 49.7 Å². The Morgan fingerprint density at radius 2 is 1.87 bits per heavy atom. The summed E-state index contributed by atoms with van der Waals surface area (Å²) in [6.45, 7) is 5.47. The first-order chi connectivity index (χ1) is 14.8. The topological polar surface area (TPSA) is 75.7 Å². The zero-order valence-electron chi connectivity index (χ0n) is 17.9. The van der Waals surface area contributed by atoms with Crippen LogP contribution in [0.3, 0.4) is 0 Å². The standard InChI is InChI=1S/C23H29ClN2O4S/c1-17-7-8-18(2)22(15-17)30-14-11-25-23(27)19-9-12-26(13-10-19)31(28,29)16-20-5-3-4-6-21(20)24/h3-8,15,19H,9-14,16H2,1-2H3,(H,25,27). The monoisotopic (exact) mass is 464 g/mol. The normalized spacial score (nSPS) is 15.6.